The monoisotopic (exact) mass is 256 g/mol. The third kappa shape index (κ3) is 5.06. The third-order valence-corrected chi connectivity index (χ3v) is 3.82. The summed E-state index contributed by atoms with van der Waals surface area (Å²) in [7, 11) is 2.04. The van der Waals surface area contributed by atoms with E-state index in [1.54, 1.807) is 0 Å². The van der Waals surface area contributed by atoms with E-state index in [4.69, 9.17) is 0 Å². The van der Waals surface area contributed by atoms with Crippen LogP contribution in [0.3, 0.4) is 0 Å². The highest BCUT2D eigenvalue weighted by atomic mass is 15.1. The van der Waals surface area contributed by atoms with E-state index in [0.29, 0.717) is 0 Å². The zero-order valence-electron chi connectivity index (χ0n) is 11.9. The lowest BCUT2D eigenvalue weighted by Gasteiger charge is -2.30. The van der Waals surface area contributed by atoms with E-state index >= 15 is 0 Å². The van der Waals surface area contributed by atoms with Gasteiger partial charge in [-0.15, -0.1) is 0 Å². The minimum absolute atomic E-state index is 0.908. The minimum atomic E-state index is 0.908. The molecule has 0 bridgehead atoms. The SMILES string of the molecule is CNCCC1CCN(CC#Cc2ccccc2)CC1. The molecule has 1 aliphatic heterocycles. The molecule has 0 aliphatic carbocycles. The first-order chi connectivity index (χ1) is 9.38. The van der Waals surface area contributed by atoms with Crippen LogP contribution in [0.4, 0.5) is 0 Å². The molecule has 0 atom stereocenters. The first-order valence-corrected chi connectivity index (χ1v) is 7.29. The fraction of sp³-hybridized carbons (Fsp3) is 0.529. The van der Waals surface area contributed by atoms with Gasteiger partial charge in [0.15, 0.2) is 0 Å². The van der Waals surface area contributed by atoms with E-state index in [9.17, 15) is 0 Å². The molecule has 0 aromatic heterocycles. The second kappa shape index (κ2) is 7.99. The van der Waals surface area contributed by atoms with Gasteiger partial charge in [-0.3, -0.25) is 4.90 Å². The number of nitrogens with zero attached hydrogens (tertiary/aromatic N) is 1. The molecular formula is C17H24N2. The second-order valence-corrected chi connectivity index (χ2v) is 5.28. The van der Waals surface area contributed by atoms with Crippen molar-refractivity contribution in [3.63, 3.8) is 0 Å². The Labute approximate surface area is 117 Å². The lowest BCUT2D eigenvalue weighted by atomic mass is 9.93. The maximum absolute atomic E-state index is 3.29. The zero-order chi connectivity index (χ0) is 13.3. The van der Waals surface area contributed by atoms with Gasteiger partial charge in [-0.2, -0.15) is 0 Å². The van der Waals surface area contributed by atoms with Gasteiger partial charge in [0.1, 0.15) is 0 Å². The Morgan fingerprint density at radius 2 is 1.95 bits per heavy atom. The normalized spacial score (nSPS) is 16.9. The van der Waals surface area contributed by atoms with E-state index in [1.165, 1.54) is 32.4 Å². The highest BCUT2D eigenvalue weighted by molar-refractivity contribution is 5.33. The standard InChI is InChI=1S/C17H24N2/c1-18-12-9-17-10-14-19(15-11-17)13-5-8-16-6-3-2-4-7-16/h2-4,6-7,17-18H,9-15H2,1H3. The van der Waals surface area contributed by atoms with Crippen molar-refractivity contribution in [2.45, 2.75) is 19.3 Å². The molecule has 1 N–H and O–H groups in total. The Morgan fingerprint density at radius 1 is 1.21 bits per heavy atom. The lowest BCUT2D eigenvalue weighted by Crippen LogP contribution is -2.34. The van der Waals surface area contributed by atoms with Crippen molar-refractivity contribution in [3.8, 4) is 11.8 Å². The van der Waals surface area contributed by atoms with Crippen LogP contribution in [0.1, 0.15) is 24.8 Å². The smallest absolute Gasteiger partial charge is 0.0605 e. The number of nitrogens with one attached hydrogen (secondary N) is 1. The molecule has 2 rings (SSSR count). The molecule has 1 fully saturated rings. The van der Waals surface area contributed by atoms with Gasteiger partial charge in [-0.25, -0.2) is 0 Å². The van der Waals surface area contributed by atoms with Gasteiger partial charge in [-0.1, -0.05) is 30.0 Å². The van der Waals surface area contributed by atoms with Crippen molar-refractivity contribution in [1.82, 2.24) is 10.2 Å². The molecule has 102 valence electrons. The van der Waals surface area contributed by atoms with Crippen LogP contribution in [0.25, 0.3) is 0 Å². The summed E-state index contributed by atoms with van der Waals surface area (Å²) in [6.45, 7) is 4.47. The summed E-state index contributed by atoms with van der Waals surface area (Å²) in [5.41, 5.74) is 1.12. The number of rotatable bonds is 4. The van der Waals surface area contributed by atoms with Crippen LogP contribution < -0.4 is 5.32 Å². The number of benzene rings is 1. The Bertz CT molecular complexity index is 408. The van der Waals surface area contributed by atoms with Gasteiger partial charge in [0, 0.05) is 5.56 Å². The molecule has 1 aromatic rings. The average molecular weight is 256 g/mol. The van der Waals surface area contributed by atoms with E-state index < -0.39 is 0 Å². The maximum atomic E-state index is 3.29. The van der Waals surface area contributed by atoms with Crippen LogP contribution >= 0.6 is 0 Å². The highest BCUT2D eigenvalue weighted by Gasteiger charge is 2.17. The molecule has 1 aliphatic rings. The summed E-state index contributed by atoms with van der Waals surface area (Å²) in [6.07, 6.45) is 3.98. The van der Waals surface area contributed by atoms with Crippen molar-refractivity contribution in [2.75, 3.05) is 33.2 Å². The summed E-state index contributed by atoms with van der Waals surface area (Å²) >= 11 is 0. The second-order valence-electron chi connectivity index (χ2n) is 5.28. The summed E-state index contributed by atoms with van der Waals surface area (Å²) in [5, 5.41) is 3.24. The summed E-state index contributed by atoms with van der Waals surface area (Å²) in [4.78, 5) is 2.48. The molecule has 2 nitrogen and oxygen atoms in total. The van der Waals surface area contributed by atoms with Crippen molar-refractivity contribution in [2.24, 2.45) is 5.92 Å². The van der Waals surface area contributed by atoms with Crippen molar-refractivity contribution < 1.29 is 0 Å². The van der Waals surface area contributed by atoms with Crippen molar-refractivity contribution in [3.05, 3.63) is 35.9 Å². The third-order valence-electron chi connectivity index (χ3n) is 3.82. The van der Waals surface area contributed by atoms with Gasteiger partial charge in [0.05, 0.1) is 6.54 Å². The lowest BCUT2D eigenvalue weighted by molar-refractivity contribution is 0.197. The summed E-state index contributed by atoms with van der Waals surface area (Å²) in [5.74, 6) is 7.44. The van der Waals surface area contributed by atoms with E-state index in [1.807, 2.05) is 25.2 Å². The largest absolute Gasteiger partial charge is 0.320 e. The number of piperidine rings is 1. The quantitative estimate of drug-likeness (QED) is 0.832. The molecule has 1 aromatic carbocycles. The Morgan fingerprint density at radius 3 is 2.63 bits per heavy atom. The Hall–Kier alpha value is -1.30. The van der Waals surface area contributed by atoms with Gasteiger partial charge >= 0.3 is 0 Å². The molecular weight excluding hydrogens is 232 g/mol. The molecule has 19 heavy (non-hydrogen) atoms. The number of hydrogen-bond acceptors (Lipinski definition) is 2. The van der Waals surface area contributed by atoms with Crippen LogP contribution in [0.2, 0.25) is 0 Å². The van der Waals surface area contributed by atoms with Crippen LogP contribution in [-0.2, 0) is 0 Å². The number of likely N-dealkylation sites (tertiary alicyclic amines) is 1. The van der Waals surface area contributed by atoms with Crippen LogP contribution in [0, 0.1) is 17.8 Å². The topological polar surface area (TPSA) is 15.3 Å². The maximum Gasteiger partial charge on any atom is 0.0605 e. The molecule has 1 heterocycles. The molecule has 2 heteroatoms. The molecule has 1 saturated heterocycles. The summed E-state index contributed by atoms with van der Waals surface area (Å²) in [6, 6.07) is 10.2. The average Bonchev–Trinajstić information content (AvgIpc) is 2.47. The highest BCUT2D eigenvalue weighted by Crippen LogP contribution is 2.19. The van der Waals surface area contributed by atoms with Gasteiger partial charge in [-0.05, 0) is 64.0 Å². The molecule has 0 spiro atoms. The van der Waals surface area contributed by atoms with Crippen molar-refractivity contribution in [1.29, 1.82) is 0 Å². The van der Waals surface area contributed by atoms with Gasteiger partial charge < -0.3 is 5.32 Å². The minimum Gasteiger partial charge on any atom is -0.320 e. The van der Waals surface area contributed by atoms with E-state index in [0.717, 1.165) is 24.6 Å². The molecule has 0 unspecified atom stereocenters. The van der Waals surface area contributed by atoms with E-state index in [2.05, 4.69) is 34.2 Å². The predicted molar refractivity (Wildman–Crippen MR) is 81.0 cm³/mol. The summed E-state index contributed by atoms with van der Waals surface area (Å²) < 4.78 is 0. The Kier molecular flexibility index (Phi) is 5.94. The van der Waals surface area contributed by atoms with Crippen LogP contribution in [0.15, 0.2) is 30.3 Å². The van der Waals surface area contributed by atoms with Crippen LogP contribution in [-0.4, -0.2) is 38.1 Å². The fourth-order valence-corrected chi connectivity index (χ4v) is 2.56. The zero-order valence-corrected chi connectivity index (χ0v) is 11.9. The fourth-order valence-electron chi connectivity index (χ4n) is 2.56. The van der Waals surface area contributed by atoms with Crippen molar-refractivity contribution >= 4 is 0 Å². The number of hydrogen-bond donors (Lipinski definition) is 1. The molecule has 0 radical (unpaired) electrons. The van der Waals surface area contributed by atoms with Gasteiger partial charge in [0.2, 0.25) is 0 Å². The van der Waals surface area contributed by atoms with Gasteiger partial charge in [0.25, 0.3) is 0 Å². The van der Waals surface area contributed by atoms with Crippen LogP contribution in [0.5, 0.6) is 0 Å². The first kappa shape index (κ1) is 14.1. The molecule has 0 amide bonds. The molecule has 0 saturated carbocycles. The first-order valence-electron chi connectivity index (χ1n) is 7.29. The Balaban J connectivity index is 1.70. The predicted octanol–water partition coefficient (Wildman–Crippen LogP) is 2.36. The van der Waals surface area contributed by atoms with E-state index in [-0.39, 0.29) is 0 Å².